The molecule has 0 spiro atoms. The average molecular weight is 455 g/mol. The van der Waals surface area contributed by atoms with Crippen LogP contribution in [0.2, 0.25) is 0 Å². The highest BCUT2D eigenvalue weighted by atomic mass is 16.5. The summed E-state index contributed by atoms with van der Waals surface area (Å²) in [6.07, 6.45) is 5.57. The Morgan fingerprint density at radius 1 is 1.09 bits per heavy atom. The molecule has 3 heterocycles. The number of methoxy groups -OCH3 is 1. The van der Waals surface area contributed by atoms with Crippen LogP contribution in [0.1, 0.15) is 38.1 Å². The molecule has 9 nitrogen and oxygen atoms in total. The first kappa shape index (κ1) is 22.8. The molecule has 0 unspecified atom stereocenters. The van der Waals surface area contributed by atoms with Crippen molar-refractivity contribution in [2.75, 3.05) is 20.3 Å². The van der Waals surface area contributed by atoms with E-state index < -0.39 is 0 Å². The molecule has 33 heavy (non-hydrogen) atoms. The quantitative estimate of drug-likeness (QED) is 0.545. The van der Waals surface area contributed by atoms with E-state index in [2.05, 4.69) is 4.98 Å². The fraction of sp³-hybridized carbons (Fsp3) is 0.458. The zero-order valence-corrected chi connectivity index (χ0v) is 19.5. The van der Waals surface area contributed by atoms with Crippen LogP contribution in [0.15, 0.2) is 27.8 Å². The standard InChI is InChI=1S/C24H30N4O5/c1-5-27-22-21(23(29)28(6-2)24(27)30)26(3)20(25-22)10-8-16-7-9-18(19(15-16)31-4)33-17-11-13-32-14-12-17/h7-10,15,17H,5-6,11-14H2,1-4H3. The topological polar surface area (TPSA) is 89.5 Å². The summed E-state index contributed by atoms with van der Waals surface area (Å²) in [5, 5.41) is 0. The molecule has 0 amide bonds. The van der Waals surface area contributed by atoms with Crippen molar-refractivity contribution in [1.82, 2.24) is 18.7 Å². The fourth-order valence-corrected chi connectivity index (χ4v) is 4.12. The van der Waals surface area contributed by atoms with E-state index in [0.29, 0.717) is 54.8 Å². The molecule has 1 aromatic carbocycles. The first-order valence-corrected chi connectivity index (χ1v) is 11.3. The predicted octanol–water partition coefficient (Wildman–Crippen LogP) is 2.67. The van der Waals surface area contributed by atoms with Gasteiger partial charge in [-0.3, -0.25) is 13.9 Å². The molecular weight excluding hydrogens is 424 g/mol. The second-order valence-electron chi connectivity index (χ2n) is 7.95. The van der Waals surface area contributed by atoms with E-state index in [1.807, 2.05) is 37.3 Å². The highest BCUT2D eigenvalue weighted by Crippen LogP contribution is 2.31. The van der Waals surface area contributed by atoms with Gasteiger partial charge in [-0.25, -0.2) is 9.78 Å². The molecule has 2 aromatic heterocycles. The van der Waals surface area contributed by atoms with Gasteiger partial charge in [0.25, 0.3) is 5.56 Å². The van der Waals surface area contributed by atoms with E-state index in [4.69, 9.17) is 14.2 Å². The third-order valence-electron chi connectivity index (χ3n) is 5.98. The lowest BCUT2D eigenvalue weighted by atomic mass is 10.1. The van der Waals surface area contributed by atoms with Crippen LogP contribution in [0.25, 0.3) is 23.3 Å². The van der Waals surface area contributed by atoms with Crippen molar-refractivity contribution in [2.45, 2.75) is 45.9 Å². The number of nitrogens with zero attached hydrogens (tertiary/aromatic N) is 4. The molecule has 0 saturated carbocycles. The van der Waals surface area contributed by atoms with Crippen molar-refractivity contribution in [3.05, 3.63) is 50.4 Å². The van der Waals surface area contributed by atoms with Crippen LogP contribution in [0.4, 0.5) is 0 Å². The number of hydrogen-bond acceptors (Lipinski definition) is 6. The average Bonchev–Trinajstić information content (AvgIpc) is 3.15. The second-order valence-corrected chi connectivity index (χ2v) is 7.95. The smallest absolute Gasteiger partial charge is 0.332 e. The number of fused-ring (bicyclic) bond motifs is 1. The zero-order chi connectivity index (χ0) is 23.5. The summed E-state index contributed by atoms with van der Waals surface area (Å²) in [6, 6.07) is 5.75. The summed E-state index contributed by atoms with van der Waals surface area (Å²) in [6.45, 7) is 5.82. The van der Waals surface area contributed by atoms with Crippen LogP contribution < -0.4 is 20.7 Å². The number of hydrogen-bond donors (Lipinski definition) is 0. The normalized spacial score (nSPS) is 14.9. The van der Waals surface area contributed by atoms with Gasteiger partial charge >= 0.3 is 5.69 Å². The molecule has 0 N–H and O–H groups in total. The van der Waals surface area contributed by atoms with Crippen LogP contribution in [-0.4, -0.2) is 45.1 Å². The van der Waals surface area contributed by atoms with Gasteiger partial charge in [0, 0.05) is 33.0 Å². The number of benzene rings is 1. The number of rotatable bonds is 7. The SMILES string of the molecule is CCn1c(=O)c2c(nc(C=Cc3ccc(OC4CCOCC4)c(OC)c3)n2C)n(CC)c1=O. The van der Waals surface area contributed by atoms with Crippen molar-refractivity contribution >= 4 is 23.3 Å². The minimum atomic E-state index is -0.337. The lowest BCUT2D eigenvalue weighted by molar-refractivity contribution is 0.0245. The Hall–Kier alpha value is -3.33. The molecule has 1 aliphatic rings. The Bertz CT molecular complexity index is 1290. The Morgan fingerprint density at radius 2 is 1.82 bits per heavy atom. The van der Waals surface area contributed by atoms with E-state index >= 15 is 0 Å². The Balaban J connectivity index is 1.67. The number of aryl methyl sites for hydroxylation is 2. The van der Waals surface area contributed by atoms with Crippen molar-refractivity contribution < 1.29 is 14.2 Å². The molecule has 0 atom stereocenters. The Morgan fingerprint density at radius 3 is 2.48 bits per heavy atom. The molecule has 1 aliphatic heterocycles. The molecule has 9 heteroatoms. The first-order chi connectivity index (χ1) is 16.0. The van der Waals surface area contributed by atoms with Crippen molar-refractivity contribution in [1.29, 1.82) is 0 Å². The van der Waals surface area contributed by atoms with Crippen LogP contribution in [0.5, 0.6) is 11.5 Å². The number of imidazole rings is 1. The molecule has 3 aromatic rings. The highest BCUT2D eigenvalue weighted by Gasteiger charge is 2.19. The largest absolute Gasteiger partial charge is 0.493 e. The van der Waals surface area contributed by atoms with E-state index in [1.165, 1.54) is 9.13 Å². The van der Waals surface area contributed by atoms with Gasteiger partial charge in [-0.05, 0) is 37.6 Å². The van der Waals surface area contributed by atoms with Crippen molar-refractivity contribution in [3.8, 4) is 11.5 Å². The van der Waals surface area contributed by atoms with Gasteiger partial charge < -0.3 is 18.8 Å². The van der Waals surface area contributed by atoms with Crippen LogP contribution in [0.3, 0.4) is 0 Å². The van der Waals surface area contributed by atoms with E-state index in [9.17, 15) is 9.59 Å². The van der Waals surface area contributed by atoms with Crippen molar-refractivity contribution in [2.24, 2.45) is 7.05 Å². The molecule has 1 fully saturated rings. The monoisotopic (exact) mass is 454 g/mol. The lowest BCUT2D eigenvalue weighted by Crippen LogP contribution is -2.39. The van der Waals surface area contributed by atoms with Gasteiger partial charge in [-0.2, -0.15) is 0 Å². The number of aromatic nitrogens is 4. The maximum Gasteiger partial charge on any atom is 0.332 e. The summed E-state index contributed by atoms with van der Waals surface area (Å²) in [5.74, 6) is 1.94. The maximum atomic E-state index is 12.9. The second kappa shape index (κ2) is 9.66. The molecule has 0 aliphatic carbocycles. The molecule has 0 radical (unpaired) electrons. The predicted molar refractivity (Wildman–Crippen MR) is 127 cm³/mol. The summed E-state index contributed by atoms with van der Waals surface area (Å²) in [7, 11) is 3.40. The molecule has 1 saturated heterocycles. The van der Waals surface area contributed by atoms with Gasteiger partial charge in [0.1, 0.15) is 11.9 Å². The Kier molecular flexibility index (Phi) is 6.69. The summed E-state index contributed by atoms with van der Waals surface area (Å²) in [5.41, 5.74) is 1.05. The first-order valence-electron chi connectivity index (χ1n) is 11.3. The van der Waals surface area contributed by atoms with Crippen LogP contribution in [0, 0.1) is 0 Å². The van der Waals surface area contributed by atoms with Crippen LogP contribution in [-0.2, 0) is 24.9 Å². The minimum Gasteiger partial charge on any atom is -0.493 e. The van der Waals surface area contributed by atoms with Gasteiger partial charge in [-0.15, -0.1) is 0 Å². The Labute approximate surface area is 191 Å². The highest BCUT2D eigenvalue weighted by molar-refractivity contribution is 5.77. The molecular formula is C24H30N4O5. The zero-order valence-electron chi connectivity index (χ0n) is 19.5. The van der Waals surface area contributed by atoms with E-state index in [1.54, 1.807) is 25.6 Å². The number of ether oxygens (including phenoxy) is 3. The van der Waals surface area contributed by atoms with Crippen molar-refractivity contribution in [3.63, 3.8) is 0 Å². The third-order valence-corrected chi connectivity index (χ3v) is 5.98. The third kappa shape index (κ3) is 4.32. The molecule has 4 rings (SSSR count). The van der Waals surface area contributed by atoms with Gasteiger partial charge in [-0.1, -0.05) is 12.1 Å². The van der Waals surface area contributed by atoms with Gasteiger partial charge in [0.15, 0.2) is 22.7 Å². The molecule has 0 bridgehead atoms. The lowest BCUT2D eigenvalue weighted by Gasteiger charge is -2.24. The van der Waals surface area contributed by atoms with E-state index in [-0.39, 0.29) is 17.4 Å². The minimum absolute atomic E-state index is 0.123. The van der Waals surface area contributed by atoms with E-state index in [0.717, 1.165) is 18.4 Å². The van der Waals surface area contributed by atoms with Gasteiger partial charge in [0.2, 0.25) is 0 Å². The maximum absolute atomic E-state index is 12.9. The summed E-state index contributed by atoms with van der Waals surface area (Å²) >= 11 is 0. The summed E-state index contributed by atoms with van der Waals surface area (Å²) < 4.78 is 21.5. The fourth-order valence-electron chi connectivity index (χ4n) is 4.12. The summed E-state index contributed by atoms with van der Waals surface area (Å²) in [4.78, 5) is 30.1. The molecule has 176 valence electrons. The van der Waals surface area contributed by atoms with Crippen LogP contribution >= 0.6 is 0 Å². The van der Waals surface area contributed by atoms with Gasteiger partial charge in [0.05, 0.1) is 20.3 Å².